The first kappa shape index (κ1) is 23.7. The Morgan fingerprint density at radius 3 is 2.16 bits per heavy atom. The summed E-state index contributed by atoms with van der Waals surface area (Å²) in [5, 5.41) is 12.2. The quantitative estimate of drug-likeness (QED) is 0.543. The standard InChI is InChI=1S/C29H25N3O6/c33-26(34)15-32-24-12-6-5-11-22(24)27(35)31-14-17(13-25(31)28(32)36)30-29(37)38-16-23-20-9-3-1-7-18(20)19-8-2-4-10-21(19)23/h1-12,17,23,25H,13-16H2,(H,30,37)(H,33,34). The zero-order chi connectivity index (χ0) is 26.4. The predicted molar refractivity (Wildman–Crippen MR) is 138 cm³/mol. The third kappa shape index (κ3) is 3.96. The summed E-state index contributed by atoms with van der Waals surface area (Å²) in [5.74, 6) is -2.12. The van der Waals surface area contributed by atoms with E-state index >= 15 is 0 Å². The first-order valence-electron chi connectivity index (χ1n) is 12.5. The summed E-state index contributed by atoms with van der Waals surface area (Å²) in [7, 11) is 0. The molecule has 9 heteroatoms. The van der Waals surface area contributed by atoms with Gasteiger partial charge in [-0.15, -0.1) is 0 Å². The average molecular weight is 512 g/mol. The second kappa shape index (κ2) is 9.33. The Bertz CT molecular complexity index is 1420. The molecule has 9 nitrogen and oxygen atoms in total. The minimum atomic E-state index is -1.18. The number of carboxylic acids is 1. The fraction of sp³-hybridized carbons (Fsp3) is 0.241. The molecule has 192 valence electrons. The van der Waals surface area contributed by atoms with Gasteiger partial charge in [-0.3, -0.25) is 19.3 Å². The van der Waals surface area contributed by atoms with Crippen molar-refractivity contribution >= 4 is 29.6 Å². The minimum Gasteiger partial charge on any atom is -0.480 e. The lowest BCUT2D eigenvalue weighted by atomic mass is 9.98. The number of benzene rings is 3. The van der Waals surface area contributed by atoms with Crippen LogP contribution in [0.3, 0.4) is 0 Å². The van der Waals surface area contributed by atoms with Crippen molar-refractivity contribution in [1.82, 2.24) is 10.2 Å². The smallest absolute Gasteiger partial charge is 0.407 e. The van der Waals surface area contributed by atoms with Crippen molar-refractivity contribution in [3.05, 3.63) is 89.5 Å². The number of hydrogen-bond donors (Lipinski definition) is 2. The van der Waals surface area contributed by atoms with Crippen molar-refractivity contribution in [1.29, 1.82) is 0 Å². The number of aliphatic carboxylic acids is 1. The lowest BCUT2D eigenvalue weighted by molar-refractivity contribution is -0.137. The van der Waals surface area contributed by atoms with Crippen molar-refractivity contribution < 1.29 is 29.0 Å². The van der Waals surface area contributed by atoms with Crippen LogP contribution < -0.4 is 10.2 Å². The lowest BCUT2D eigenvalue weighted by Gasteiger charge is -2.24. The van der Waals surface area contributed by atoms with Crippen LogP contribution in [0.25, 0.3) is 11.1 Å². The highest BCUT2D eigenvalue weighted by molar-refractivity contribution is 6.12. The Morgan fingerprint density at radius 1 is 0.895 bits per heavy atom. The topological polar surface area (TPSA) is 116 Å². The summed E-state index contributed by atoms with van der Waals surface area (Å²) in [5.41, 5.74) is 4.99. The Hall–Kier alpha value is -4.66. The van der Waals surface area contributed by atoms with Crippen molar-refractivity contribution in [2.75, 3.05) is 24.6 Å². The molecule has 38 heavy (non-hydrogen) atoms. The van der Waals surface area contributed by atoms with Gasteiger partial charge in [0.1, 0.15) is 19.2 Å². The minimum absolute atomic E-state index is 0.0872. The highest BCUT2D eigenvalue weighted by Gasteiger charge is 2.46. The van der Waals surface area contributed by atoms with Gasteiger partial charge in [0.2, 0.25) is 5.91 Å². The number of para-hydroxylation sites is 1. The lowest BCUT2D eigenvalue weighted by Crippen LogP contribution is -2.46. The molecule has 0 spiro atoms. The number of fused-ring (bicyclic) bond motifs is 5. The molecule has 0 saturated carbocycles. The SMILES string of the molecule is O=C(O)CN1C(=O)C2CC(NC(=O)OCC3c4ccccc4-c4ccccc43)CN2C(=O)c2ccccc21. The molecule has 2 aliphatic heterocycles. The Balaban J connectivity index is 1.16. The molecule has 2 unspecified atom stereocenters. The Morgan fingerprint density at radius 2 is 1.50 bits per heavy atom. The van der Waals surface area contributed by atoms with Crippen LogP contribution in [0.2, 0.25) is 0 Å². The summed E-state index contributed by atoms with van der Waals surface area (Å²) >= 11 is 0. The van der Waals surface area contributed by atoms with Crippen molar-refractivity contribution in [3.8, 4) is 11.1 Å². The van der Waals surface area contributed by atoms with Crippen LogP contribution in [0.4, 0.5) is 10.5 Å². The molecular formula is C29H25N3O6. The van der Waals surface area contributed by atoms with Gasteiger partial charge in [-0.05, 0) is 40.8 Å². The highest BCUT2D eigenvalue weighted by Crippen LogP contribution is 2.44. The van der Waals surface area contributed by atoms with Crippen molar-refractivity contribution in [2.45, 2.75) is 24.4 Å². The van der Waals surface area contributed by atoms with E-state index in [2.05, 4.69) is 17.4 Å². The van der Waals surface area contributed by atoms with E-state index in [1.807, 2.05) is 36.4 Å². The largest absolute Gasteiger partial charge is 0.480 e. The number of rotatable bonds is 5. The van der Waals surface area contributed by atoms with E-state index in [4.69, 9.17) is 4.74 Å². The monoisotopic (exact) mass is 511 g/mol. The number of nitrogens with zero attached hydrogens (tertiary/aromatic N) is 2. The van der Waals surface area contributed by atoms with Crippen LogP contribution >= 0.6 is 0 Å². The van der Waals surface area contributed by atoms with Crippen LogP contribution in [0, 0.1) is 0 Å². The Labute approximate surface area is 218 Å². The first-order chi connectivity index (χ1) is 18.4. The molecule has 2 N–H and O–H groups in total. The number of carbonyl (C=O) groups excluding carboxylic acids is 3. The summed E-state index contributed by atoms with van der Waals surface area (Å²) in [6.07, 6.45) is -0.462. The van der Waals surface area contributed by atoms with Crippen molar-refractivity contribution in [3.63, 3.8) is 0 Å². The van der Waals surface area contributed by atoms with Crippen LogP contribution in [-0.2, 0) is 14.3 Å². The van der Waals surface area contributed by atoms with Gasteiger partial charge in [-0.25, -0.2) is 4.79 Å². The zero-order valence-electron chi connectivity index (χ0n) is 20.4. The number of alkyl carbamates (subject to hydrolysis) is 1. The van der Waals surface area contributed by atoms with Gasteiger partial charge < -0.3 is 20.1 Å². The fourth-order valence-electron chi connectivity index (χ4n) is 5.85. The molecule has 3 aliphatic rings. The molecule has 3 amide bonds. The normalized spacial score (nSPS) is 19.8. The first-order valence-corrected chi connectivity index (χ1v) is 12.5. The molecule has 3 aromatic rings. The second-order valence-corrected chi connectivity index (χ2v) is 9.71. The van der Waals surface area contributed by atoms with Crippen molar-refractivity contribution in [2.24, 2.45) is 0 Å². The maximum Gasteiger partial charge on any atom is 0.407 e. The number of amides is 3. The van der Waals surface area contributed by atoms with Gasteiger partial charge in [0, 0.05) is 12.5 Å². The number of carbonyl (C=O) groups is 4. The summed E-state index contributed by atoms with van der Waals surface area (Å²) in [6.45, 7) is -0.288. The van der Waals surface area contributed by atoms with Gasteiger partial charge in [0.05, 0.1) is 17.3 Å². The molecule has 1 aliphatic carbocycles. The van der Waals surface area contributed by atoms with E-state index in [9.17, 15) is 24.3 Å². The van der Waals surface area contributed by atoms with Crippen LogP contribution in [-0.4, -0.2) is 65.7 Å². The summed E-state index contributed by atoms with van der Waals surface area (Å²) in [6, 6.07) is 21.2. The van der Waals surface area contributed by atoms with E-state index in [1.54, 1.807) is 24.3 Å². The van der Waals surface area contributed by atoms with Gasteiger partial charge in [0.25, 0.3) is 5.91 Å². The van der Waals surface area contributed by atoms with Crippen LogP contribution in [0.15, 0.2) is 72.8 Å². The summed E-state index contributed by atoms with van der Waals surface area (Å²) in [4.78, 5) is 53.5. The van der Waals surface area contributed by atoms with Crippen LogP contribution in [0.1, 0.15) is 33.8 Å². The maximum absolute atomic E-state index is 13.4. The molecule has 2 atom stereocenters. The average Bonchev–Trinajstić information content (AvgIpc) is 3.47. The maximum atomic E-state index is 13.4. The molecule has 2 heterocycles. The Kier molecular flexibility index (Phi) is 5.83. The van der Waals surface area contributed by atoms with E-state index in [0.717, 1.165) is 27.2 Å². The number of anilines is 1. The van der Waals surface area contributed by atoms with E-state index in [0.29, 0.717) is 0 Å². The number of ether oxygens (including phenoxy) is 1. The highest BCUT2D eigenvalue weighted by atomic mass is 16.5. The van der Waals surface area contributed by atoms with Gasteiger partial charge in [-0.2, -0.15) is 0 Å². The molecule has 1 saturated heterocycles. The molecule has 3 aromatic carbocycles. The van der Waals surface area contributed by atoms with E-state index in [1.165, 1.54) is 4.90 Å². The van der Waals surface area contributed by atoms with E-state index < -0.39 is 36.6 Å². The molecule has 0 aromatic heterocycles. The third-order valence-corrected chi connectivity index (χ3v) is 7.50. The van der Waals surface area contributed by atoms with E-state index in [-0.39, 0.29) is 42.6 Å². The zero-order valence-corrected chi connectivity index (χ0v) is 20.4. The van der Waals surface area contributed by atoms with Gasteiger partial charge in [-0.1, -0.05) is 60.7 Å². The number of hydrogen-bond acceptors (Lipinski definition) is 5. The molecule has 0 radical (unpaired) electrons. The molecular weight excluding hydrogens is 486 g/mol. The number of carboxylic acid groups (broad SMARTS) is 1. The predicted octanol–water partition coefficient (Wildman–Crippen LogP) is 3.24. The molecule has 0 bridgehead atoms. The summed E-state index contributed by atoms with van der Waals surface area (Å²) < 4.78 is 5.64. The second-order valence-electron chi connectivity index (χ2n) is 9.71. The fourth-order valence-corrected chi connectivity index (χ4v) is 5.85. The van der Waals surface area contributed by atoms with Gasteiger partial charge in [0.15, 0.2) is 0 Å². The molecule has 6 rings (SSSR count). The number of nitrogens with one attached hydrogen (secondary N) is 1. The van der Waals surface area contributed by atoms with Crippen LogP contribution in [0.5, 0.6) is 0 Å². The van der Waals surface area contributed by atoms with Gasteiger partial charge >= 0.3 is 12.1 Å². The third-order valence-electron chi connectivity index (χ3n) is 7.50. The molecule has 1 fully saturated rings.